The Labute approximate surface area is 141 Å². The van der Waals surface area contributed by atoms with Gasteiger partial charge in [0.1, 0.15) is 0 Å². The number of para-hydroxylation sites is 2. The highest BCUT2D eigenvalue weighted by atomic mass is 16.5. The highest BCUT2D eigenvalue weighted by Gasteiger charge is 2.15. The summed E-state index contributed by atoms with van der Waals surface area (Å²) < 4.78 is 10.4. The number of hydrogen-bond donors (Lipinski definition) is 2. The van der Waals surface area contributed by atoms with Crippen molar-refractivity contribution in [2.75, 3.05) is 62.1 Å². The van der Waals surface area contributed by atoms with Crippen LogP contribution in [0.15, 0.2) is 30.5 Å². The predicted octanol–water partition coefficient (Wildman–Crippen LogP) is 1.51. The first kappa shape index (κ1) is 16.4. The minimum atomic E-state index is 0.457. The minimum Gasteiger partial charge on any atom is -0.383 e. The molecule has 3 rings (SSSR count). The van der Waals surface area contributed by atoms with Crippen LogP contribution in [0.1, 0.15) is 0 Å². The van der Waals surface area contributed by atoms with Gasteiger partial charge in [0.2, 0.25) is 5.95 Å². The minimum absolute atomic E-state index is 0.457. The standard InChI is InChI=1S/C16H22N6O2/c1-23-9-6-17-15-12-18-21-16(20-15)19-13-4-2-3-5-14(13)22-7-10-24-11-8-22/h2-5,12H,6-11H2,1H3,(H2,17,19,20,21). The molecule has 1 fully saturated rings. The van der Waals surface area contributed by atoms with Gasteiger partial charge in [0.25, 0.3) is 0 Å². The van der Waals surface area contributed by atoms with Crippen LogP contribution < -0.4 is 15.5 Å². The molecule has 24 heavy (non-hydrogen) atoms. The second kappa shape index (κ2) is 8.42. The molecule has 0 aliphatic carbocycles. The van der Waals surface area contributed by atoms with Crippen LogP contribution in [0.5, 0.6) is 0 Å². The van der Waals surface area contributed by atoms with Crippen LogP contribution in [0, 0.1) is 0 Å². The lowest BCUT2D eigenvalue weighted by Gasteiger charge is -2.30. The van der Waals surface area contributed by atoms with E-state index in [1.165, 1.54) is 0 Å². The zero-order valence-electron chi connectivity index (χ0n) is 13.7. The maximum Gasteiger partial charge on any atom is 0.249 e. The van der Waals surface area contributed by atoms with Crippen molar-refractivity contribution in [2.24, 2.45) is 0 Å². The number of rotatable bonds is 7. The maximum atomic E-state index is 5.43. The van der Waals surface area contributed by atoms with Gasteiger partial charge in [0.15, 0.2) is 5.82 Å². The van der Waals surface area contributed by atoms with E-state index < -0.39 is 0 Å². The number of nitrogens with zero attached hydrogens (tertiary/aromatic N) is 4. The number of aromatic nitrogens is 3. The van der Waals surface area contributed by atoms with Crippen molar-refractivity contribution in [3.05, 3.63) is 30.5 Å². The summed E-state index contributed by atoms with van der Waals surface area (Å²) in [5, 5.41) is 14.5. The fourth-order valence-electron chi connectivity index (χ4n) is 2.50. The van der Waals surface area contributed by atoms with Crippen molar-refractivity contribution in [3.63, 3.8) is 0 Å². The van der Waals surface area contributed by atoms with Crippen molar-refractivity contribution in [2.45, 2.75) is 0 Å². The molecule has 1 aromatic heterocycles. The van der Waals surface area contributed by atoms with Crippen LogP contribution in [0.25, 0.3) is 0 Å². The molecule has 0 unspecified atom stereocenters. The monoisotopic (exact) mass is 330 g/mol. The lowest BCUT2D eigenvalue weighted by molar-refractivity contribution is 0.123. The molecule has 1 aliphatic rings. The van der Waals surface area contributed by atoms with Gasteiger partial charge in [0, 0.05) is 26.7 Å². The fraction of sp³-hybridized carbons (Fsp3) is 0.438. The van der Waals surface area contributed by atoms with Crippen molar-refractivity contribution < 1.29 is 9.47 Å². The summed E-state index contributed by atoms with van der Waals surface area (Å²) in [6.45, 7) is 4.50. The summed E-state index contributed by atoms with van der Waals surface area (Å²) in [7, 11) is 1.66. The molecule has 1 aromatic carbocycles. The van der Waals surface area contributed by atoms with Gasteiger partial charge in [-0.15, -0.1) is 5.10 Å². The van der Waals surface area contributed by atoms with Gasteiger partial charge in [-0.2, -0.15) is 10.1 Å². The third-order valence-corrected chi connectivity index (χ3v) is 3.67. The lowest BCUT2D eigenvalue weighted by Crippen LogP contribution is -2.36. The number of ether oxygens (including phenoxy) is 2. The van der Waals surface area contributed by atoms with Crippen LogP contribution in [0.2, 0.25) is 0 Å². The second-order valence-corrected chi connectivity index (χ2v) is 5.33. The Hall–Kier alpha value is -2.45. The van der Waals surface area contributed by atoms with E-state index in [0.29, 0.717) is 24.9 Å². The molecule has 0 spiro atoms. The Morgan fingerprint density at radius 1 is 1.25 bits per heavy atom. The van der Waals surface area contributed by atoms with Crippen LogP contribution in [0.3, 0.4) is 0 Å². The number of methoxy groups -OCH3 is 1. The second-order valence-electron chi connectivity index (χ2n) is 5.33. The Balaban J connectivity index is 1.72. The largest absolute Gasteiger partial charge is 0.383 e. The average molecular weight is 330 g/mol. The molecule has 0 atom stereocenters. The van der Waals surface area contributed by atoms with E-state index in [0.717, 1.165) is 37.7 Å². The summed E-state index contributed by atoms with van der Waals surface area (Å²) >= 11 is 0. The van der Waals surface area contributed by atoms with Crippen molar-refractivity contribution in [3.8, 4) is 0 Å². The van der Waals surface area contributed by atoms with Gasteiger partial charge in [-0.1, -0.05) is 12.1 Å². The molecule has 1 aliphatic heterocycles. The lowest BCUT2D eigenvalue weighted by atomic mass is 10.2. The Kier molecular flexibility index (Phi) is 5.75. The van der Waals surface area contributed by atoms with Gasteiger partial charge in [0.05, 0.1) is 37.4 Å². The molecule has 8 nitrogen and oxygen atoms in total. The van der Waals surface area contributed by atoms with Crippen LogP contribution in [-0.2, 0) is 9.47 Å². The Morgan fingerprint density at radius 3 is 2.92 bits per heavy atom. The van der Waals surface area contributed by atoms with E-state index in [2.05, 4.69) is 36.8 Å². The molecule has 128 valence electrons. The van der Waals surface area contributed by atoms with Gasteiger partial charge < -0.3 is 25.0 Å². The van der Waals surface area contributed by atoms with Gasteiger partial charge >= 0.3 is 0 Å². The molecule has 2 heterocycles. The quantitative estimate of drug-likeness (QED) is 0.739. The molecular weight excluding hydrogens is 308 g/mol. The molecule has 0 radical (unpaired) electrons. The van der Waals surface area contributed by atoms with Crippen molar-refractivity contribution in [1.82, 2.24) is 15.2 Å². The van der Waals surface area contributed by atoms with Crippen molar-refractivity contribution in [1.29, 1.82) is 0 Å². The van der Waals surface area contributed by atoms with Crippen LogP contribution in [-0.4, -0.2) is 61.7 Å². The first-order chi connectivity index (χ1) is 11.9. The first-order valence-corrected chi connectivity index (χ1v) is 7.98. The average Bonchev–Trinajstić information content (AvgIpc) is 2.64. The molecule has 1 saturated heterocycles. The molecular formula is C16H22N6O2. The van der Waals surface area contributed by atoms with Gasteiger partial charge in [-0.3, -0.25) is 0 Å². The molecule has 0 saturated carbocycles. The molecule has 0 amide bonds. The highest BCUT2D eigenvalue weighted by molar-refractivity contribution is 5.73. The van der Waals surface area contributed by atoms with Crippen LogP contribution in [0.4, 0.5) is 23.1 Å². The fourth-order valence-corrected chi connectivity index (χ4v) is 2.50. The van der Waals surface area contributed by atoms with E-state index >= 15 is 0 Å². The molecule has 8 heteroatoms. The maximum absolute atomic E-state index is 5.43. The summed E-state index contributed by atoms with van der Waals surface area (Å²) in [5.41, 5.74) is 2.07. The first-order valence-electron chi connectivity index (χ1n) is 7.98. The molecule has 0 bridgehead atoms. The third kappa shape index (κ3) is 4.30. The number of morpholine rings is 1. The predicted molar refractivity (Wildman–Crippen MR) is 92.9 cm³/mol. The number of benzene rings is 1. The summed E-state index contributed by atoms with van der Waals surface area (Å²) in [6.07, 6.45) is 1.59. The van der Waals surface area contributed by atoms with Crippen molar-refractivity contribution >= 4 is 23.1 Å². The molecule has 2 aromatic rings. The Morgan fingerprint density at radius 2 is 2.08 bits per heavy atom. The van der Waals surface area contributed by atoms with Crippen LogP contribution >= 0.6 is 0 Å². The zero-order chi connectivity index (χ0) is 16.6. The number of nitrogens with one attached hydrogen (secondary N) is 2. The van der Waals surface area contributed by atoms with E-state index in [1.54, 1.807) is 13.3 Å². The molecule has 2 N–H and O–H groups in total. The normalized spacial score (nSPS) is 14.5. The van der Waals surface area contributed by atoms with E-state index in [9.17, 15) is 0 Å². The highest BCUT2D eigenvalue weighted by Crippen LogP contribution is 2.28. The summed E-state index contributed by atoms with van der Waals surface area (Å²) in [5.74, 6) is 1.12. The smallest absolute Gasteiger partial charge is 0.249 e. The third-order valence-electron chi connectivity index (χ3n) is 3.67. The SMILES string of the molecule is COCCNc1cnnc(Nc2ccccc2N2CCOCC2)n1. The number of anilines is 4. The number of hydrogen-bond acceptors (Lipinski definition) is 8. The van der Waals surface area contributed by atoms with E-state index in [1.807, 2.05) is 18.2 Å². The van der Waals surface area contributed by atoms with E-state index in [-0.39, 0.29) is 0 Å². The van der Waals surface area contributed by atoms with Gasteiger partial charge in [-0.05, 0) is 12.1 Å². The topological polar surface area (TPSA) is 84.4 Å². The summed E-state index contributed by atoms with van der Waals surface area (Å²) in [4.78, 5) is 6.72. The zero-order valence-corrected chi connectivity index (χ0v) is 13.7. The van der Waals surface area contributed by atoms with E-state index in [4.69, 9.17) is 9.47 Å². The Bertz CT molecular complexity index is 648. The summed E-state index contributed by atoms with van der Waals surface area (Å²) in [6, 6.07) is 8.11. The van der Waals surface area contributed by atoms with Gasteiger partial charge in [-0.25, -0.2) is 0 Å².